The van der Waals surface area contributed by atoms with Gasteiger partial charge in [0, 0.05) is 32.1 Å². The molecule has 1 N–H and O–H groups in total. The molecule has 0 saturated carbocycles. The van der Waals surface area contributed by atoms with Crippen molar-refractivity contribution in [1.29, 1.82) is 0 Å². The minimum absolute atomic E-state index is 0.239. The lowest BCUT2D eigenvalue weighted by atomic mass is 10.1. The second-order valence-corrected chi connectivity index (χ2v) is 4.71. The molecule has 1 rings (SSSR count). The summed E-state index contributed by atoms with van der Waals surface area (Å²) in [5.74, 6) is 0.268. The van der Waals surface area contributed by atoms with E-state index in [0.29, 0.717) is 12.5 Å². The number of nitrogens with zero attached hydrogens (tertiary/aromatic N) is 2. The molecular weight excluding hydrogens is 204 g/mol. The minimum Gasteiger partial charge on any atom is -0.395 e. The first-order valence-electron chi connectivity index (χ1n) is 6.20. The highest BCUT2D eigenvalue weighted by molar-refractivity contribution is 5.76. The van der Waals surface area contributed by atoms with E-state index in [1.54, 1.807) is 6.92 Å². The number of hydrogen-bond acceptors (Lipinski definition) is 4. The first-order chi connectivity index (χ1) is 7.63. The summed E-state index contributed by atoms with van der Waals surface area (Å²) in [4.78, 5) is 15.8. The molecule has 0 aromatic rings. The largest absolute Gasteiger partial charge is 0.395 e. The Labute approximate surface area is 98.2 Å². The van der Waals surface area contributed by atoms with Crippen LogP contribution in [0.4, 0.5) is 0 Å². The van der Waals surface area contributed by atoms with Crippen LogP contribution in [0.25, 0.3) is 0 Å². The average Bonchev–Trinajstić information content (AvgIpc) is 2.43. The average molecular weight is 228 g/mol. The number of hydrogen-bond donors (Lipinski definition) is 1. The van der Waals surface area contributed by atoms with Crippen LogP contribution in [-0.2, 0) is 4.79 Å². The van der Waals surface area contributed by atoms with Gasteiger partial charge in [0.2, 0.25) is 0 Å². The molecular formula is C12H24N2O2. The molecule has 0 amide bonds. The predicted octanol–water partition coefficient (Wildman–Crippen LogP) is 0.354. The Hall–Kier alpha value is -0.450. The van der Waals surface area contributed by atoms with Crippen molar-refractivity contribution < 1.29 is 9.90 Å². The van der Waals surface area contributed by atoms with E-state index in [9.17, 15) is 4.79 Å². The Bertz CT molecular complexity index is 221. The van der Waals surface area contributed by atoms with Gasteiger partial charge in [-0.3, -0.25) is 14.6 Å². The van der Waals surface area contributed by atoms with Crippen LogP contribution in [0.1, 0.15) is 26.7 Å². The predicted molar refractivity (Wildman–Crippen MR) is 64.5 cm³/mol. The first-order valence-corrected chi connectivity index (χ1v) is 6.20. The van der Waals surface area contributed by atoms with Gasteiger partial charge in [0.05, 0.1) is 6.61 Å². The highest BCUT2D eigenvalue weighted by atomic mass is 16.3. The second-order valence-electron chi connectivity index (χ2n) is 4.71. The number of rotatable bonds is 5. The molecule has 1 unspecified atom stereocenters. The zero-order valence-electron chi connectivity index (χ0n) is 10.5. The van der Waals surface area contributed by atoms with Gasteiger partial charge in [0.25, 0.3) is 0 Å². The number of Topliss-reactive ketones (excluding diaryl/α,β-unsaturated/α-hetero) is 1. The van der Waals surface area contributed by atoms with E-state index in [4.69, 9.17) is 5.11 Å². The molecule has 0 bridgehead atoms. The monoisotopic (exact) mass is 228 g/mol. The van der Waals surface area contributed by atoms with Gasteiger partial charge in [-0.1, -0.05) is 0 Å². The van der Waals surface area contributed by atoms with E-state index < -0.39 is 0 Å². The third kappa shape index (κ3) is 4.60. The van der Waals surface area contributed by atoms with E-state index in [1.807, 2.05) is 0 Å². The number of carbonyl (C=O) groups excluding carboxylic acids is 1. The molecule has 16 heavy (non-hydrogen) atoms. The number of β-amino-alcohol motifs (C(OH)–C–C–N with tert-alkyl or cyclic N) is 1. The van der Waals surface area contributed by atoms with Gasteiger partial charge in [-0.15, -0.1) is 0 Å². The molecule has 1 aliphatic heterocycles. The molecule has 1 aliphatic rings. The second kappa shape index (κ2) is 6.99. The van der Waals surface area contributed by atoms with Gasteiger partial charge < -0.3 is 5.11 Å². The highest BCUT2D eigenvalue weighted by Gasteiger charge is 2.19. The molecule has 0 radical (unpaired) electrons. The fraction of sp³-hybridized carbons (Fsp3) is 0.917. The standard InChI is InChI=1S/C12H24N2O2/c1-11(10-12(2)16)14-5-3-4-13(6-7-14)8-9-15/h11,15H,3-10H2,1-2H3. The van der Waals surface area contributed by atoms with Crippen LogP contribution in [0.2, 0.25) is 0 Å². The maximum atomic E-state index is 11.1. The zero-order valence-corrected chi connectivity index (χ0v) is 10.5. The van der Waals surface area contributed by atoms with Crippen molar-refractivity contribution in [3.63, 3.8) is 0 Å². The molecule has 0 aromatic carbocycles. The van der Waals surface area contributed by atoms with Gasteiger partial charge in [-0.25, -0.2) is 0 Å². The highest BCUT2D eigenvalue weighted by Crippen LogP contribution is 2.09. The van der Waals surface area contributed by atoms with Crippen LogP contribution >= 0.6 is 0 Å². The van der Waals surface area contributed by atoms with E-state index in [2.05, 4.69) is 16.7 Å². The van der Waals surface area contributed by atoms with E-state index in [0.717, 1.165) is 39.1 Å². The molecule has 1 fully saturated rings. The number of aliphatic hydroxyl groups excluding tert-OH is 1. The van der Waals surface area contributed by atoms with Crippen LogP contribution in [0, 0.1) is 0 Å². The normalized spacial score (nSPS) is 21.7. The quantitative estimate of drug-likeness (QED) is 0.737. The molecule has 0 aliphatic carbocycles. The molecule has 0 aromatic heterocycles. The summed E-state index contributed by atoms with van der Waals surface area (Å²) in [7, 11) is 0. The molecule has 1 saturated heterocycles. The van der Waals surface area contributed by atoms with Gasteiger partial charge in [-0.05, 0) is 33.4 Å². The zero-order chi connectivity index (χ0) is 12.0. The van der Waals surface area contributed by atoms with Gasteiger partial charge >= 0.3 is 0 Å². The van der Waals surface area contributed by atoms with Crippen molar-refractivity contribution in [1.82, 2.24) is 9.80 Å². The van der Waals surface area contributed by atoms with E-state index in [-0.39, 0.29) is 12.4 Å². The Morgan fingerprint density at radius 2 is 2.06 bits per heavy atom. The third-order valence-corrected chi connectivity index (χ3v) is 3.25. The smallest absolute Gasteiger partial charge is 0.131 e. The Morgan fingerprint density at radius 3 is 2.69 bits per heavy atom. The van der Waals surface area contributed by atoms with Crippen molar-refractivity contribution in [2.24, 2.45) is 0 Å². The van der Waals surface area contributed by atoms with Crippen LogP contribution in [0.5, 0.6) is 0 Å². The van der Waals surface area contributed by atoms with Crippen LogP contribution in [0.15, 0.2) is 0 Å². The molecule has 1 atom stereocenters. The lowest BCUT2D eigenvalue weighted by molar-refractivity contribution is -0.118. The number of ketones is 1. The van der Waals surface area contributed by atoms with Gasteiger partial charge in [-0.2, -0.15) is 0 Å². The van der Waals surface area contributed by atoms with Crippen molar-refractivity contribution in [2.45, 2.75) is 32.7 Å². The molecule has 4 heteroatoms. The van der Waals surface area contributed by atoms with Gasteiger partial charge in [0.15, 0.2) is 0 Å². The Morgan fingerprint density at radius 1 is 1.31 bits per heavy atom. The minimum atomic E-state index is 0.239. The summed E-state index contributed by atoms with van der Waals surface area (Å²) < 4.78 is 0. The summed E-state index contributed by atoms with van der Waals surface area (Å²) in [6.07, 6.45) is 1.78. The van der Waals surface area contributed by atoms with Gasteiger partial charge in [0.1, 0.15) is 5.78 Å². The summed E-state index contributed by atoms with van der Waals surface area (Å²) in [6.45, 7) is 8.94. The fourth-order valence-corrected chi connectivity index (χ4v) is 2.34. The molecule has 1 heterocycles. The molecule has 94 valence electrons. The maximum Gasteiger partial charge on any atom is 0.131 e. The topological polar surface area (TPSA) is 43.8 Å². The van der Waals surface area contributed by atoms with Crippen molar-refractivity contribution in [2.75, 3.05) is 39.3 Å². The maximum absolute atomic E-state index is 11.1. The third-order valence-electron chi connectivity index (χ3n) is 3.25. The summed E-state index contributed by atoms with van der Waals surface area (Å²) >= 11 is 0. The van der Waals surface area contributed by atoms with Crippen LogP contribution < -0.4 is 0 Å². The Kier molecular flexibility index (Phi) is 5.95. The SMILES string of the molecule is CC(=O)CC(C)N1CCCN(CCO)CC1. The molecule has 0 spiro atoms. The fourth-order valence-electron chi connectivity index (χ4n) is 2.34. The number of aliphatic hydroxyl groups is 1. The van der Waals surface area contributed by atoms with E-state index >= 15 is 0 Å². The van der Waals surface area contributed by atoms with Crippen molar-refractivity contribution in [3.05, 3.63) is 0 Å². The van der Waals surface area contributed by atoms with Crippen molar-refractivity contribution in [3.8, 4) is 0 Å². The van der Waals surface area contributed by atoms with Crippen molar-refractivity contribution >= 4 is 5.78 Å². The summed E-state index contributed by atoms with van der Waals surface area (Å²) in [5, 5.41) is 8.90. The summed E-state index contributed by atoms with van der Waals surface area (Å²) in [6, 6.07) is 0.353. The summed E-state index contributed by atoms with van der Waals surface area (Å²) in [5.41, 5.74) is 0. The first kappa shape index (κ1) is 13.6. The Balaban J connectivity index is 2.37. The van der Waals surface area contributed by atoms with Crippen LogP contribution in [0.3, 0.4) is 0 Å². The molecule has 4 nitrogen and oxygen atoms in total. The lowest BCUT2D eigenvalue weighted by Crippen LogP contribution is -2.38. The van der Waals surface area contributed by atoms with Crippen LogP contribution in [-0.4, -0.2) is 66.1 Å². The van der Waals surface area contributed by atoms with E-state index in [1.165, 1.54) is 0 Å². The lowest BCUT2D eigenvalue weighted by Gasteiger charge is -2.27. The number of carbonyl (C=O) groups is 1.